The zero-order valence-corrected chi connectivity index (χ0v) is 18.0. The fourth-order valence-electron chi connectivity index (χ4n) is 4.07. The lowest BCUT2D eigenvalue weighted by Crippen LogP contribution is -2.43. The monoisotopic (exact) mass is 404 g/mol. The molecule has 1 unspecified atom stereocenters. The molecule has 0 aromatic heterocycles. The lowest BCUT2D eigenvalue weighted by molar-refractivity contribution is -0.125. The number of hydrogen-bond acceptors (Lipinski definition) is 4. The van der Waals surface area contributed by atoms with E-state index in [1.165, 1.54) is 16.8 Å². The Bertz CT molecular complexity index is 863. The van der Waals surface area contributed by atoms with E-state index in [1.54, 1.807) is 0 Å². The van der Waals surface area contributed by atoms with Crippen molar-refractivity contribution in [3.05, 3.63) is 54.1 Å². The summed E-state index contributed by atoms with van der Waals surface area (Å²) in [6, 6.07) is 19.2. The van der Waals surface area contributed by atoms with E-state index in [2.05, 4.69) is 77.9 Å². The van der Waals surface area contributed by atoms with Gasteiger partial charge in [-0.3, -0.25) is 4.79 Å². The Morgan fingerprint density at radius 3 is 2.53 bits per heavy atom. The van der Waals surface area contributed by atoms with Gasteiger partial charge in [-0.15, -0.1) is 0 Å². The van der Waals surface area contributed by atoms with Crippen molar-refractivity contribution >= 4 is 11.6 Å². The summed E-state index contributed by atoms with van der Waals surface area (Å²) in [5, 5.41) is 14.9. The van der Waals surface area contributed by atoms with Gasteiger partial charge >= 0.3 is 0 Å². The number of piperazine rings is 1. The Balaban J connectivity index is 1.72. The van der Waals surface area contributed by atoms with Gasteiger partial charge in [-0.05, 0) is 47.6 Å². The highest BCUT2D eigenvalue weighted by molar-refractivity contribution is 5.79. The normalized spacial score (nSPS) is 14.9. The molecule has 30 heavy (non-hydrogen) atoms. The molecule has 2 aromatic carbocycles. The minimum atomic E-state index is -0.122. The molecule has 1 aliphatic rings. The molecule has 5 nitrogen and oxygen atoms in total. The third-order valence-corrected chi connectivity index (χ3v) is 5.56. The van der Waals surface area contributed by atoms with E-state index in [0.717, 1.165) is 38.2 Å². The number of nitrogens with one attached hydrogen (secondary N) is 2. The molecule has 3 rings (SSSR count). The number of benzene rings is 2. The number of hydrogen-bond donors (Lipinski definition) is 2. The number of carbonyl (C=O) groups is 1. The van der Waals surface area contributed by atoms with Gasteiger partial charge in [-0.1, -0.05) is 50.2 Å². The van der Waals surface area contributed by atoms with Gasteiger partial charge in [-0.2, -0.15) is 5.26 Å². The highest BCUT2D eigenvalue weighted by Crippen LogP contribution is 2.26. The van der Waals surface area contributed by atoms with Crippen LogP contribution in [0.15, 0.2) is 48.5 Å². The second kappa shape index (κ2) is 10.8. The van der Waals surface area contributed by atoms with Gasteiger partial charge in [0.15, 0.2) is 0 Å². The van der Waals surface area contributed by atoms with E-state index in [-0.39, 0.29) is 18.4 Å². The SMILES string of the molecule is CC(C)CC(Cc1cccc(-c2ccc(N3CCNCC3)cc2)c1)C(=O)NCC#N. The zero-order valence-electron chi connectivity index (χ0n) is 18.0. The smallest absolute Gasteiger partial charge is 0.224 e. The minimum Gasteiger partial charge on any atom is -0.369 e. The van der Waals surface area contributed by atoms with Crippen LogP contribution in [-0.4, -0.2) is 38.6 Å². The lowest BCUT2D eigenvalue weighted by atomic mass is 9.89. The van der Waals surface area contributed by atoms with E-state index < -0.39 is 0 Å². The lowest BCUT2D eigenvalue weighted by Gasteiger charge is -2.29. The molecule has 0 bridgehead atoms. The van der Waals surface area contributed by atoms with E-state index in [9.17, 15) is 4.79 Å². The standard InChI is InChI=1S/C25H32N4O/c1-19(2)16-23(25(30)28-11-10-26)18-20-4-3-5-22(17-20)21-6-8-24(9-7-21)29-14-12-27-13-15-29/h3-9,17,19,23,27H,11-16,18H2,1-2H3,(H,28,30). The van der Waals surface area contributed by atoms with Crippen LogP contribution < -0.4 is 15.5 Å². The summed E-state index contributed by atoms with van der Waals surface area (Å²) in [5.41, 5.74) is 4.77. The summed E-state index contributed by atoms with van der Waals surface area (Å²) in [6.07, 6.45) is 1.49. The fraction of sp³-hybridized carbons (Fsp3) is 0.440. The molecule has 2 aromatic rings. The van der Waals surface area contributed by atoms with Gasteiger partial charge in [0.25, 0.3) is 0 Å². The number of carbonyl (C=O) groups excluding carboxylic acids is 1. The molecule has 1 aliphatic heterocycles. The van der Waals surface area contributed by atoms with Gasteiger partial charge < -0.3 is 15.5 Å². The first-order valence-electron chi connectivity index (χ1n) is 10.9. The summed E-state index contributed by atoms with van der Waals surface area (Å²) in [5.74, 6) is 0.267. The Hall–Kier alpha value is -2.84. The first-order valence-corrected chi connectivity index (χ1v) is 10.9. The van der Waals surface area contributed by atoms with Crippen LogP contribution in [0.25, 0.3) is 11.1 Å². The number of anilines is 1. The molecule has 5 heteroatoms. The van der Waals surface area contributed by atoms with Crippen LogP contribution in [0.4, 0.5) is 5.69 Å². The first-order chi connectivity index (χ1) is 14.6. The van der Waals surface area contributed by atoms with Gasteiger partial charge in [0.05, 0.1) is 6.07 Å². The van der Waals surface area contributed by atoms with Crippen molar-refractivity contribution in [2.75, 3.05) is 37.6 Å². The topological polar surface area (TPSA) is 68.2 Å². The maximum atomic E-state index is 12.5. The fourth-order valence-corrected chi connectivity index (χ4v) is 4.07. The third-order valence-electron chi connectivity index (χ3n) is 5.56. The van der Waals surface area contributed by atoms with Crippen molar-refractivity contribution in [2.45, 2.75) is 26.7 Å². The molecule has 0 spiro atoms. The van der Waals surface area contributed by atoms with Crippen LogP contribution >= 0.6 is 0 Å². The van der Waals surface area contributed by atoms with Crippen molar-refractivity contribution in [1.82, 2.24) is 10.6 Å². The largest absolute Gasteiger partial charge is 0.369 e. The Labute approximate surface area is 180 Å². The van der Waals surface area contributed by atoms with Crippen LogP contribution in [0.5, 0.6) is 0 Å². The first kappa shape index (κ1) is 21.9. The van der Waals surface area contributed by atoms with E-state index >= 15 is 0 Å². The molecule has 1 fully saturated rings. The van der Waals surface area contributed by atoms with Gasteiger partial charge in [-0.25, -0.2) is 0 Å². The molecular formula is C25H32N4O. The van der Waals surface area contributed by atoms with Crippen molar-refractivity contribution in [2.24, 2.45) is 11.8 Å². The van der Waals surface area contributed by atoms with Crippen LogP contribution in [0.2, 0.25) is 0 Å². The second-order valence-corrected chi connectivity index (χ2v) is 8.39. The van der Waals surface area contributed by atoms with Crippen LogP contribution in [0.1, 0.15) is 25.8 Å². The number of nitriles is 1. The summed E-state index contributed by atoms with van der Waals surface area (Å²) in [7, 11) is 0. The molecule has 0 aliphatic carbocycles. The molecule has 0 radical (unpaired) electrons. The van der Waals surface area contributed by atoms with Gasteiger partial charge in [0, 0.05) is 37.8 Å². The minimum absolute atomic E-state index is 0.0315. The van der Waals surface area contributed by atoms with E-state index in [1.807, 2.05) is 6.07 Å². The Kier molecular flexibility index (Phi) is 7.87. The zero-order chi connectivity index (χ0) is 21.3. The van der Waals surface area contributed by atoms with Crippen molar-refractivity contribution in [1.29, 1.82) is 5.26 Å². The molecule has 2 N–H and O–H groups in total. The maximum absolute atomic E-state index is 12.5. The maximum Gasteiger partial charge on any atom is 0.224 e. The van der Waals surface area contributed by atoms with Crippen molar-refractivity contribution in [3.8, 4) is 17.2 Å². The number of nitrogens with zero attached hydrogens (tertiary/aromatic N) is 2. The number of rotatable bonds is 8. The van der Waals surface area contributed by atoms with Gasteiger partial charge in [0.1, 0.15) is 6.54 Å². The molecule has 1 heterocycles. The average Bonchev–Trinajstić information content (AvgIpc) is 2.77. The van der Waals surface area contributed by atoms with Crippen LogP contribution in [-0.2, 0) is 11.2 Å². The molecular weight excluding hydrogens is 372 g/mol. The predicted octanol–water partition coefficient (Wildman–Crippen LogP) is 3.61. The van der Waals surface area contributed by atoms with Gasteiger partial charge in [0.2, 0.25) is 5.91 Å². The van der Waals surface area contributed by atoms with Crippen LogP contribution in [0.3, 0.4) is 0 Å². The Morgan fingerprint density at radius 2 is 1.87 bits per heavy atom. The predicted molar refractivity (Wildman–Crippen MR) is 122 cm³/mol. The molecule has 158 valence electrons. The molecule has 1 saturated heterocycles. The molecule has 1 atom stereocenters. The number of amides is 1. The summed E-state index contributed by atoms with van der Waals surface area (Å²) < 4.78 is 0. The van der Waals surface area contributed by atoms with Crippen molar-refractivity contribution < 1.29 is 4.79 Å². The van der Waals surface area contributed by atoms with Crippen LogP contribution in [0, 0.1) is 23.2 Å². The third kappa shape index (κ3) is 6.08. The quantitative estimate of drug-likeness (QED) is 0.660. The summed E-state index contributed by atoms with van der Waals surface area (Å²) in [4.78, 5) is 14.9. The summed E-state index contributed by atoms with van der Waals surface area (Å²) in [6.45, 7) is 8.46. The average molecular weight is 405 g/mol. The Morgan fingerprint density at radius 1 is 1.13 bits per heavy atom. The second-order valence-electron chi connectivity index (χ2n) is 8.39. The highest BCUT2D eigenvalue weighted by atomic mass is 16.1. The van der Waals surface area contributed by atoms with E-state index in [0.29, 0.717) is 12.3 Å². The molecule has 1 amide bonds. The van der Waals surface area contributed by atoms with E-state index in [4.69, 9.17) is 5.26 Å². The highest BCUT2D eigenvalue weighted by Gasteiger charge is 2.20. The van der Waals surface area contributed by atoms with Crippen molar-refractivity contribution in [3.63, 3.8) is 0 Å². The summed E-state index contributed by atoms with van der Waals surface area (Å²) >= 11 is 0. The molecule has 0 saturated carbocycles.